The van der Waals surface area contributed by atoms with Gasteiger partial charge in [0.05, 0.1) is 5.56 Å². The number of hydrogen-bond donors (Lipinski definition) is 0. The van der Waals surface area contributed by atoms with Crippen LogP contribution in [0.3, 0.4) is 0 Å². The number of carbonyl (C=O) groups is 1. The number of esters is 1. The Morgan fingerprint density at radius 3 is 2.77 bits per heavy atom. The molecule has 0 bridgehead atoms. The number of carbonyl (C=O) groups excluding carboxylic acids is 1. The molecule has 5 heteroatoms. The predicted molar refractivity (Wildman–Crippen MR) is 111 cm³/mol. The fourth-order valence-corrected chi connectivity index (χ4v) is 3.58. The van der Waals surface area contributed by atoms with Crippen molar-refractivity contribution < 1.29 is 18.4 Å². The molecule has 0 amide bonds. The lowest BCUT2D eigenvalue weighted by Crippen LogP contribution is -2.05. The van der Waals surface area contributed by atoms with Gasteiger partial charge in [0, 0.05) is 23.1 Å². The average Bonchev–Trinajstić information content (AvgIpc) is 3.43. The highest BCUT2D eigenvalue weighted by Crippen LogP contribution is 2.24. The topological polar surface area (TPSA) is 52.3 Å². The zero-order valence-electron chi connectivity index (χ0n) is 16.8. The van der Waals surface area contributed by atoms with E-state index in [0.717, 1.165) is 11.1 Å². The second kappa shape index (κ2) is 8.96. The van der Waals surface area contributed by atoms with Crippen molar-refractivity contribution in [2.75, 3.05) is 0 Å². The molecule has 0 unspecified atom stereocenters. The van der Waals surface area contributed by atoms with Crippen LogP contribution < -0.4 is 0 Å². The van der Waals surface area contributed by atoms with Crippen LogP contribution in [0.15, 0.2) is 53.1 Å². The minimum atomic E-state index is -0.461. The minimum Gasteiger partial charge on any atom is -0.454 e. The van der Waals surface area contributed by atoms with Crippen LogP contribution in [0.1, 0.15) is 52.9 Å². The van der Waals surface area contributed by atoms with E-state index in [9.17, 15) is 9.18 Å². The Morgan fingerprint density at radius 2 is 2.00 bits per heavy atom. The standard InChI is InChI=1S/C25H22FNO3/c1-17-14-20(13-12-19(17)11-10-18-6-2-3-7-18)25(28)29-16-21-15-24(27-30-21)22-8-4-5-9-23(22)26/h4-5,8-9,12-15,18H,2-3,6-7,16H2,1H3. The molecule has 0 N–H and O–H groups in total. The first-order chi connectivity index (χ1) is 14.6. The Balaban J connectivity index is 1.38. The first-order valence-electron chi connectivity index (χ1n) is 10.1. The van der Waals surface area contributed by atoms with Gasteiger partial charge in [-0.05, 0) is 55.7 Å². The molecule has 1 aliphatic rings. The lowest BCUT2D eigenvalue weighted by molar-refractivity contribution is 0.0437. The number of nitrogens with zero attached hydrogens (tertiary/aromatic N) is 1. The summed E-state index contributed by atoms with van der Waals surface area (Å²) >= 11 is 0. The Kier molecular flexibility index (Phi) is 5.94. The molecule has 4 nitrogen and oxygen atoms in total. The smallest absolute Gasteiger partial charge is 0.338 e. The molecular formula is C25H22FNO3. The van der Waals surface area contributed by atoms with Gasteiger partial charge in [0.25, 0.3) is 0 Å². The van der Waals surface area contributed by atoms with Crippen molar-refractivity contribution in [3.63, 3.8) is 0 Å². The van der Waals surface area contributed by atoms with Gasteiger partial charge in [-0.15, -0.1) is 0 Å². The number of benzene rings is 2. The van der Waals surface area contributed by atoms with Crippen molar-refractivity contribution >= 4 is 5.97 Å². The summed E-state index contributed by atoms with van der Waals surface area (Å²) in [4.78, 5) is 12.4. The lowest BCUT2D eigenvalue weighted by Gasteiger charge is -2.05. The van der Waals surface area contributed by atoms with Crippen LogP contribution in [0.4, 0.5) is 4.39 Å². The molecule has 0 aliphatic heterocycles. The molecule has 0 radical (unpaired) electrons. The SMILES string of the molecule is Cc1cc(C(=O)OCc2cc(-c3ccccc3F)no2)ccc1C#CC1CCCC1. The highest BCUT2D eigenvalue weighted by Gasteiger charge is 2.14. The summed E-state index contributed by atoms with van der Waals surface area (Å²) in [6.45, 7) is 1.86. The van der Waals surface area contributed by atoms with E-state index in [-0.39, 0.29) is 12.4 Å². The zero-order chi connectivity index (χ0) is 20.9. The molecule has 30 heavy (non-hydrogen) atoms. The van der Waals surface area contributed by atoms with Crippen molar-refractivity contribution in [1.29, 1.82) is 0 Å². The van der Waals surface area contributed by atoms with E-state index in [1.54, 1.807) is 36.4 Å². The van der Waals surface area contributed by atoms with E-state index >= 15 is 0 Å². The lowest BCUT2D eigenvalue weighted by atomic mass is 10.0. The molecule has 0 spiro atoms. The van der Waals surface area contributed by atoms with Crippen molar-refractivity contribution in [2.45, 2.75) is 39.2 Å². The van der Waals surface area contributed by atoms with Crippen LogP contribution in [0, 0.1) is 30.5 Å². The molecule has 1 aliphatic carbocycles. The van der Waals surface area contributed by atoms with E-state index in [1.807, 2.05) is 13.0 Å². The van der Waals surface area contributed by atoms with E-state index in [1.165, 1.54) is 31.7 Å². The maximum atomic E-state index is 13.9. The molecule has 0 atom stereocenters. The largest absolute Gasteiger partial charge is 0.454 e. The summed E-state index contributed by atoms with van der Waals surface area (Å²) in [6, 6.07) is 13.2. The van der Waals surface area contributed by atoms with Crippen molar-refractivity contribution in [3.8, 4) is 23.1 Å². The van der Waals surface area contributed by atoms with Gasteiger partial charge in [0.15, 0.2) is 12.4 Å². The number of hydrogen-bond acceptors (Lipinski definition) is 4. The summed E-state index contributed by atoms with van der Waals surface area (Å²) in [7, 11) is 0. The number of ether oxygens (including phenoxy) is 1. The number of aromatic nitrogens is 1. The van der Waals surface area contributed by atoms with E-state index in [4.69, 9.17) is 9.26 Å². The van der Waals surface area contributed by atoms with Gasteiger partial charge in [-0.1, -0.05) is 42.0 Å². The third-order valence-electron chi connectivity index (χ3n) is 5.28. The Morgan fingerprint density at radius 1 is 1.20 bits per heavy atom. The maximum Gasteiger partial charge on any atom is 0.338 e. The highest BCUT2D eigenvalue weighted by atomic mass is 19.1. The van der Waals surface area contributed by atoms with Gasteiger partial charge in [0.1, 0.15) is 11.5 Å². The first-order valence-corrected chi connectivity index (χ1v) is 10.1. The molecule has 152 valence electrons. The quantitative estimate of drug-likeness (QED) is 0.415. The number of halogens is 1. The number of rotatable bonds is 4. The number of aryl methyl sites for hydroxylation is 1. The van der Waals surface area contributed by atoms with Crippen LogP contribution >= 0.6 is 0 Å². The molecule has 3 aromatic rings. The Hall–Kier alpha value is -3.39. The van der Waals surface area contributed by atoms with Crippen molar-refractivity contribution in [2.24, 2.45) is 5.92 Å². The average molecular weight is 403 g/mol. The van der Waals surface area contributed by atoms with Crippen LogP contribution in [0.25, 0.3) is 11.3 Å². The minimum absolute atomic E-state index is 0.0808. The molecule has 1 saturated carbocycles. The van der Waals surface area contributed by atoms with Crippen molar-refractivity contribution in [3.05, 3.63) is 76.8 Å². The summed E-state index contributed by atoms with van der Waals surface area (Å²) in [6.07, 6.45) is 4.87. The summed E-state index contributed by atoms with van der Waals surface area (Å²) < 4.78 is 24.4. The van der Waals surface area contributed by atoms with Crippen LogP contribution in [-0.4, -0.2) is 11.1 Å². The van der Waals surface area contributed by atoms with Gasteiger partial charge < -0.3 is 9.26 Å². The second-order valence-corrected chi connectivity index (χ2v) is 7.51. The normalized spacial score (nSPS) is 13.7. The van der Waals surface area contributed by atoms with Gasteiger partial charge in [0.2, 0.25) is 0 Å². The molecule has 1 fully saturated rings. The zero-order valence-corrected chi connectivity index (χ0v) is 16.8. The van der Waals surface area contributed by atoms with Gasteiger partial charge in [-0.25, -0.2) is 9.18 Å². The highest BCUT2D eigenvalue weighted by molar-refractivity contribution is 5.89. The first kappa shape index (κ1) is 19.9. The van der Waals surface area contributed by atoms with Gasteiger partial charge in [-0.2, -0.15) is 0 Å². The molecule has 1 heterocycles. The summed E-state index contributed by atoms with van der Waals surface area (Å²) in [5, 5.41) is 3.86. The fraction of sp³-hybridized carbons (Fsp3) is 0.280. The van der Waals surface area contributed by atoms with Crippen molar-refractivity contribution in [1.82, 2.24) is 5.16 Å². The second-order valence-electron chi connectivity index (χ2n) is 7.51. The maximum absolute atomic E-state index is 13.9. The third kappa shape index (κ3) is 4.60. The Labute approximate surface area is 175 Å². The van der Waals surface area contributed by atoms with E-state index in [0.29, 0.717) is 28.5 Å². The molecule has 4 rings (SSSR count). The van der Waals surface area contributed by atoms with Gasteiger partial charge >= 0.3 is 5.97 Å². The Bertz CT molecular complexity index is 1120. The third-order valence-corrected chi connectivity index (χ3v) is 5.28. The van der Waals surface area contributed by atoms with Gasteiger partial charge in [-0.3, -0.25) is 0 Å². The van der Waals surface area contributed by atoms with Crippen LogP contribution in [-0.2, 0) is 11.3 Å². The van der Waals surface area contributed by atoms with E-state index < -0.39 is 5.97 Å². The molecule has 2 aromatic carbocycles. The fourth-order valence-electron chi connectivity index (χ4n) is 3.58. The monoisotopic (exact) mass is 403 g/mol. The van der Waals surface area contributed by atoms with Crippen LogP contribution in [0.2, 0.25) is 0 Å². The predicted octanol–water partition coefficient (Wildman–Crippen LogP) is 5.69. The van der Waals surface area contributed by atoms with E-state index in [2.05, 4.69) is 17.0 Å². The summed E-state index contributed by atoms with van der Waals surface area (Å²) in [5.41, 5.74) is 3.02. The molecule has 1 aromatic heterocycles. The molecular weight excluding hydrogens is 381 g/mol. The van der Waals surface area contributed by atoms with Crippen LogP contribution in [0.5, 0.6) is 0 Å². The summed E-state index contributed by atoms with van der Waals surface area (Å²) in [5.74, 6) is 6.57. The molecule has 0 saturated heterocycles.